The second kappa shape index (κ2) is 6.11. The lowest BCUT2D eigenvalue weighted by molar-refractivity contribution is -0.130. The third kappa shape index (κ3) is 3.20. The summed E-state index contributed by atoms with van der Waals surface area (Å²) in [5.41, 5.74) is 0.106. The van der Waals surface area contributed by atoms with E-state index in [0.717, 1.165) is 4.90 Å². The first-order chi connectivity index (χ1) is 9.49. The summed E-state index contributed by atoms with van der Waals surface area (Å²) in [5, 5.41) is 2.99. The maximum absolute atomic E-state index is 11.8. The lowest BCUT2D eigenvalue weighted by atomic mass is 10.2. The Balaban J connectivity index is 1.95. The van der Waals surface area contributed by atoms with Crippen molar-refractivity contribution in [2.45, 2.75) is 0 Å². The maximum atomic E-state index is 11.8. The molecule has 0 spiro atoms. The van der Waals surface area contributed by atoms with Crippen LogP contribution in [0.1, 0.15) is 10.4 Å². The zero-order valence-corrected chi connectivity index (χ0v) is 11.7. The van der Waals surface area contributed by atoms with Crippen LogP contribution in [0.25, 0.3) is 0 Å². The molecule has 6 nitrogen and oxygen atoms in total. The highest BCUT2D eigenvalue weighted by atomic mass is 35.5. The first kappa shape index (κ1) is 14.6. The smallest absolute Gasteiger partial charge is 0.340 e. The van der Waals surface area contributed by atoms with Gasteiger partial charge in [-0.15, -0.1) is 0 Å². The maximum Gasteiger partial charge on any atom is 0.340 e. The number of ether oxygens (including phenoxy) is 1. The lowest BCUT2D eigenvalue weighted by Crippen LogP contribution is -2.37. The van der Waals surface area contributed by atoms with Gasteiger partial charge in [0, 0.05) is 18.1 Å². The molecule has 8 heteroatoms. The van der Waals surface area contributed by atoms with Gasteiger partial charge in [-0.2, -0.15) is 0 Å². The highest BCUT2D eigenvalue weighted by Gasteiger charge is 2.27. The zero-order chi connectivity index (χ0) is 14.7. The molecule has 0 radical (unpaired) electrons. The summed E-state index contributed by atoms with van der Waals surface area (Å²) >= 11 is 11.6. The van der Waals surface area contributed by atoms with Crippen LogP contribution in [0.2, 0.25) is 10.0 Å². The van der Waals surface area contributed by atoms with E-state index >= 15 is 0 Å². The average molecular weight is 317 g/mol. The van der Waals surface area contributed by atoms with Crippen molar-refractivity contribution in [3.8, 4) is 0 Å². The van der Waals surface area contributed by atoms with Gasteiger partial charge in [0.15, 0.2) is 6.61 Å². The number of carbonyl (C=O) groups excluding carboxylic acids is 3. The van der Waals surface area contributed by atoms with Gasteiger partial charge in [0.2, 0.25) is 0 Å². The highest BCUT2D eigenvalue weighted by Crippen LogP contribution is 2.21. The number of nitrogens with one attached hydrogen (secondary N) is 1. The standard InChI is InChI=1S/C12H10Cl2N2O4/c13-7-1-2-8(9(14)5-7)11(18)20-6-10(17)16-4-3-15-12(16)19/h1-2,5H,3-4,6H2,(H,15,19). The molecule has 1 saturated heterocycles. The molecule has 1 fully saturated rings. The number of imide groups is 1. The van der Waals surface area contributed by atoms with Crippen LogP contribution in [0, 0.1) is 0 Å². The molecule has 0 atom stereocenters. The Hall–Kier alpha value is -1.79. The fourth-order valence-corrected chi connectivity index (χ4v) is 2.13. The lowest BCUT2D eigenvalue weighted by Gasteiger charge is -2.12. The fraction of sp³-hybridized carbons (Fsp3) is 0.250. The molecule has 1 heterocycles. The van der Waals surface area contributed by atoms with Crippen molar-refractivity contribution in [1.82, 2.24) is 10.2 Å². The molecule has 1 aliphatic rings. The van der Waals surface area contributed by atoms with Gasteiger partial charge in [0.05, 0.1) is 10.6 Å². The molecule has 0 bridgehead atoms. The van der Waals surface area contributed by atoms with Crippen LogP contribution in [0.3, 0.4) is 0 Å². The first-order valence-corrected chi connectivity index (χ1v) is 6.45. The summed E-state index contributed by atoms with van der Waals surface area (Å²) in [6.45, 7) is 0.129. The van der Waals surface area contributed by atoms with Gasteiger partial charge < -0.3 is 10.1 Å². The summed E-state index contributed by atoms with van der Waals surface area (Å²) in [7, 11) is 0. The van der Waals surface area contributed by atoms with Crippen molar-refractivity contribution < 1.29 is 19.1 Å². The van der Waals surface area contributed by atoms with E-state index < -0.39 is 24.5 Å². The molecule has 0 aromatic heterocycles. The van der Waals surface area contributed by atoms with Gasteiger partial charge in [-0.1, -0.05) is 23.2 Å². The van der Waals surface area contributed by atoms with Crippen LogP contribution in [-0.2, 0) is 9.53 Å². The molecule has 1 aliphatic heterocycles. The molecule has 1 aromatic rings. The Bertz CT molecular complexity index is 577. The summed E-state index contributed by atoms with van der Waals surface area (Å²) in [6, 6.07) is 3.80. The molecule has 0 unspecified atom stereocenters. The third-order valence-electron chi connectivity index (χ3n) is 2.64. The number of esters is 1. The minimum atomic E-state index is -0.750. The number of urea groups is 1. The zero-order valence-electron chi connectivity index (χ0n) is 10.2. The summed E-state index contributed by atoms with van der Waals surface area (Å²) in [4.78, 5) is 35.6. The molecular weight excluding hydrogens is 307 g/mol. The molecule has 3 amide bonds. The van der Waals surface area contributed by atoms with Crippen molar-refractivity contribution in [3.05, 3.63) is 33.8 Å². The second-order valence-electron chi connectivity index (χ2n) is 3.98. The Morgan fingerprint density at radius 3 is 2.70 bits per heavy atom. The SMILES string of the molecule is O=C(OCC(=O)N1CCNC1=O)c1ccc(Cl)cc1Cl. The van der Waals surface area contributed by atoms with Crippen LogP contribution in [0.5, 0.6) is 0 Å². The van der Waals surface area contributed by atoms with Crippen LogP contribution >= 0.6 is 23.2 Å². The molecule has 1 aromatic carbocycles. The van der Waals surface area contributed by atoms with E-state index in [4.69, 9.17) is 27.9 Å². The Kier molecular flexibility index (Phi) is 4.46. The van der Waals surface area contributed by atoms with E-state index in [2.05, 4.69) is 5.32 Å². The predicted octanol–water partition coefficient (Wildman–Crippen LogP) is 1.70. The number of halogens is 2. The summed E-state index contributed by atoms with van der Waals surface area (Å²) < 4.78 is 4.83. The molecule has 0 saturated carbocycles. The van der Waals surface area contributed by atoms with Crippen LogP contribution in [0.4, 0.5) is 4.79 Å². The topological polar surface area (TPSA) is 75.7 Å². The second-order valence-corrected chi connectivity index (χ2v) is 4.82. The van der Waals surface area contributed by atoms with E-state index in [0.29, 0.717) is 11.6 Å². The van der Waals surface area contributed by atoms with Gasteiger partial charge in [-0.05, 0) is 18.2 Å². The molecule has 106 valence electrons. The van der Waals surface area contributed by atoms with E-state index in [9.17, 15) is 14.4 Å². The van der Waals surface area contributed by atoms with E-state index in [1.165, 1.54) is 18.2 Å². The number of hydrogen-bond acceptors (Lipinski definition) is 4. The molecular formula is C12H10Cl2N2O4. The monoisotopic (exact) mass is 316 g/mol. The largest absolute Gasteiger partial charge is 0.452 e. The molecule has 1 N–H and O–H groups in total. The predicted molar refractivity (Wildman–Crippen MR) is 71.9 cm³/mol. The number of carbonyl (C=O) groups is 3. The molecule has 2 rings (SSSR count). The van der Waals surface area contributed by atoms with Crippen LogP contribution in [-0.4, -0.2) is 42.5 Å². The quantitative estimate of drug-likeness (QED) is 0.861. The van der Waals surface area contributed by atoms with Crippen molar-refractivity contribution >= 4 is 41.1 Å². The van der Waals surface area contributed by atoms with Crippen molar-refractivity contribution in [3.63, 3.8) is 0 Å². The van der Waals surface area contributed by atoms with Gasteiger partial charge in [-0.25, -0.2) is 9.59 Å². The van der Waals surface area contributed by atoms with Gasteiger partial charge in [0.1, 0.15) is 0 Å². The minimum absolute atomic E-state index is 0.106. The van der Waals surface area contributed by atoms with Gasteiger partial charge in [-0.3, -0.25) is 9.69 Å². The Labute approximate surface area is 124 Å². The number of benzene rings is 1. The van der Waals surface area contributed by atoms with Crippen molar-refractivity contribution in [2.75, 3.05) is 19.7 Å². The molecule has 20 heavy (non-hydrogen) atoms. The van der Waals surface area contributed by atoms with Gasteiger partial charge >= 0.3 is 12.0 Å². The van der Waals surface area contributed by atoms with Crippen LogP contribution in [0.15, 0.2) is 18.2 Å². The minimum Gasteiger partial charge on any atom is -0.452 e. The van der Waals surface area contributed by atoms with Gasteiger partial charge in [0.25, 0.3) is 5.91 Å². The first-order valence-electron chi connectivity index (χ1n) is 5.69. The van der Waals surface area contributed by atoms with Crippen LogP contribution < -0.4 is 5.32 Å². The number of rotatable bonds is 3. The number of hydrogen-bond donors (Lipinski definition) is 1. The van der Waals surface area contributed by atoms with Crippen molar-refractivity contribution in [1.29, 1.82) is 0 Å². The van der Waals surface area contributed by atoms with E-state index in [-0.39, 0.29) is 17.1 Å². The van der Waals surface area contributed by atoms with E-state index in [1.807, 2.05) is 0 Å². The number of amides is 3. The summed E-state index contributed by atoms with van der Waals surface area (Å²) in [5.74, 6) is -1.34. The highest BCUT2D eigenvalue weighted by molar-refractivity contribution is 6.36. The fourth-order valence-electron chi connectivity index (χ4n) is 1.65. The normalized spacial score (nSPS) is 14.1. The van der Waals surface area contributed by atoms with Crippen molar-refractivity contribution in [2.24, 2.45) is 0 Å². The Morgan fingerprint density at radius 1 is 1.35 bits per heavy atom. The number of nitrogens with zero attached hydrogens (tertiary/aromatic N) is 1. The Morgan fingerprint density at radius 2 is 2.10 bits per heavy atom. The summed E-state index contributed by atoms with van der Waals surface area (Å²) in [6.07, 6.45) is 0. The third-order valence-corrected chi connectivity index (χ3v) is 3.18. The molecule has 0 aliphatic carbocycles. The van der Waals surface area contributed by atoms with E-state index in [1.54, 1.807) is 0 Å². The average Bonchev–Trinajstić information content (AvgIpc) is 2.82.